The van der Waals surface area contributed by atoms with Gasteiger partial charge in [-0.15, -0.1) is 0 Å². The van der Waals surface area contributed by atoms with Gasteiger partial charge < -0.3 is 9.64 Å². The highest BCUT2D eigenvalue weighted by atomic mass is 32.2. The van der Waals surface area contributed by atoms with Gasteiger partial charge >= 0.3 is 0 Å². The molecule has 0 amide bonds. The van der Waals surface area contributed by atoms with Crippen LogP contribution in [0.25, 0.3) is 11.3 Å². The lowest BCUT2D eigenvalue weighted by Gasteiger charge is -2.34. The first-order chi connectivity index (χ1) is 15.8. The Hall–Kier alpha value is -2.97. The molecule has 0 saturated carbocycles. The Bertz CT molecular complexity index is 1210. The maximum absolute atomic E-state index is 13.4. The van der Waals surface area contributed by atoms with E-state index in [1.807, 2.05) is 75.1 Å². The molecule has 0 spiro atoms. The highest BCUT2D eigenvalue weighted by molar-refractivity contribution is 7.89. The van der Waals surface area contributed by atoms with E-state index in [0.29, 0.717) is 43.6 Å². The molecule has 33 heavy (non-hydrogen) atoms. The van der Waals surface area contributed by atoms with Crippen LogP contribution in [0.4, 0.5) is 5.95 Å². The van der Waals surface area contributed by atoms with Crippen molar-refractivity contribution >= 4 is 16.0 Å². The Morgan fingerprint density at radius 1 is 0.939 bits per heavy atom. The van der Waals surface area contributed by atoms with Crippen molar-refractivity contribution in [1.82, 2.24) is 14.3 Å². The minimum Gasteiger partial charge on any atom is -0.494 e. The number of hydrogen-bond acceptors (Lipinski definition) is 6. The molecule has 1 saturated heterocycles. The van der Waals surface area contributed by atoms with Gasteiger partial charge in [-0.1, -0.05) is 17.7 Å². The number of rotatable bonds is 6. The number of nitrogens with zero attached hydrogens (tertiary/aromatic N) is 4. The maximum Gasteiger partial charge on any atom is 0.243 e. The van der Waals surface area contributed by atoms with Gasteiger partial charge in [0.1, 0.15) is 5.75 Å². The minimum absolute atomic E-state index is 0.395. The van der Waals surface area contributed by atoms with Gasteiger partial charge in [0.2, 0.25) is 16.0 Å². The summed E-state index contributed by atoms with van der Waals surface area (Å²) in [5, 5.41) is 0. The molecule has 1 fully saturated rings. The van der Waals surface area contributed by atoms with E-state index in [2.05, 4.69) is 4.98 Å². The van der Waals surface area contributed by atoms with Crippen molar-refractivity contribution in [2.45, 2.75) is 32.6 Å². The molecule has 7 nitrogen and oxygen atoms in total. The van der Waals surface area contributed by atoms with Crippen molar-refractivity contribution in [3.05, 3.63) is 65.4 Å². The zero-order valence-electron chi connectivity index (χ0n) is 19.6. The van der Waals surface area contributed by atoms with E-state index in [1.54, 1.807) is 10.5 Å². The molecule has 4 rings (SSSR count). The van der Waals surface area contributed by atoms with Gasteiger partial charge in [-0.05, 0) is 69.2 Å². The molecule has 1 aromatic heterocycles. The third kappa shape index (κ3) is 4.86. The van der Waals surface area contributed by atoms with Gasteiger partial charge in [0.05, 0.1) is 17.2 Å². The van der Waals surface area contributed by atoms with Gasteiger partial charge in [-0.2, -0.15) is 4.31 Å². The monoisotopic (exact) mass is 466 g/mol. The van der Waals surface area contributed by atoms with E-state index in [9.17, 15) is 8.42 Å². The normalized spacial score (nSPS) is 15.0. The standard InChI is InChI=1S/C25H30N4O3S/c1-5-32-22-8-6-21(7-9-22)23-10-11-26-25(27-23)28-12-14-29(15-13-28)33(30,31)24-19(3)16-18(2)17-20(24)4/h6-11,16-17H,5,12-15H2,1-4H3. The van der Waals surface area contributed by atoms with Crippen LogP contribution in [-0.4, -0.2) is 55.5 Å². The molecule has 0 atom stereocenters. The molecule has 1 aliphatic heterocycles. The lowest BCUT2D eigenvalue weighted by Crippen LogP contribution is -2.49. The largest absolute Gasteiger partial charge is 0.494 e. The second-order valence-electron chi connectivity index (χ2n) is 8.32. The number of sulfonamides is 1. The molecule has 0 N–H and O–H groups in total. The first kappa shape index (κ1) is 23.2. The summed E-state index contributed by atoms with van der Waals surface area (Å²) in [6.07, 6.45) is 1.75. The van der Waals surface area contributed by atoms with Crippen molar-refractivity contribution in [3.8, 4) is 17.0 Å². The predicted octanol–water partition coefficient (Wildman–Crippen LogP) is 3.98. The van der Waals surface area contributed by atoms with Gasteiger partial charge in [0, 0.05) is 37.9 Å². The number of piperazine rings is 1. The number of aryl methyl sites for hydroxylation is 3. The summed E-state index contributed by atoms with van der Waals surface area (Å²) in [5.41, 5.74) is 4.46. The summed E-state index contributed by atoms with van der Waals surface area (Å²) in [7, 11) is -3.55. The van der Waals surface area contributed by atoms with Crippen LogP contribution in [0.2, 0.25) is 0 Å². The molecule has 0 aliphatic carbocycles. The molecule has 2 heterocycles. The average Bonchev–Trinajstić information content (AvgIpc) is 2.79. The number of anilines is 1. The SMILES string of the molecule is CCOc1ccc(-c2ccnc(N3CCN(S(=O)(=O)c4c(C)cc(C)cc4C)CC3)n2)cc1. The molecule has 1 aliphatic rings. The summed E-state index contributed by atoms with van der Waals surface area (Å²) >= 11 is 0. The van der Waals surface area contributed by atoms with Gasteiger partial charge in [-0.3, -0.25) is 0 Å². The molecule has 0 unspecified atom stereocenters. The molecule has 0 radical (unpaired) electrons. The van der Waals surface area contributed by atoms with E-state index in [0.717, 1.165) is 33.7 Å². The first-order valence-electron chi connectivity index (χ1n) is 11.2. The van der Waals surface area contributed by atoms with Crippen molar-refractivity contribution in [2.24, 2.45) is 0 Å². The van der Waals surface area contributed by atoms with Crippen molar-refractivity contribution in [2.75, 3.05) is 37.7 Å². The quantitative estimate of drug-likeness (QED) is 0.547. The van der Waals surface area contributed by atoms with E-state index < -0.39 is 10.0 Å². The van der Waals surface area contributed by atoms with Crippen LogP contribution in [0.1, 0.15) is 23.6 Å². The summed E-state index contributed by atoms with van der Waals surface area (Å²) in [4.78, 5) is 11.6. The van der Waals surface area contributed by atoms with Gasteiger partial charge in [0.25, 0.3) is 0 Å². The van der Waals surface area contributed by atoms with E-state index in [4.69, 9.17) is 9.72 Å². The highest BCUT2D eigenvalue weighted by Gasteiger charge is 2.31. The predicted molar refractivity (Wildman–Crippen MR) is 130 cm³/mol. The molecular weight excluding hydrogens is 436 g/mol. The van der Waals surface area contributed by atoms with Crippen LogP contribution in [-0.2, 0) is 10.0 Å². The number of ether oxygens (including phenoxy) is 1. The Morgan fingerprint density at radius 2 is 1.58 bits per heavy atom. The topological polar surface area (TPSA) is 75.6 Å². The Balaban J connectivity index is 1.49. The van der Waals surface area contributed by atoms with Crippen molar-refractivity contribution in [3.63, 3.8) is 0 Å². The second-order valence-corrected chi connectivity index (χ2v) is 10.2. The molecule has 0 bridgehead atoms. The van der Waals surface area contributed by atoms with E-state index in [1.165, 1.54) is 0 Å². The fourth-order valence-electron chi connectivity index (χ4n) is 4.38. The Kier molecular flexibility index (Phi) is 6.67. The third-order valence-electron chi connectivity index (χ3n) is 5.83. The number of aromatic nitrogens is 2. The first-order valence-corrected chi connectivity index (χ1v) is 12.6. The fourth-order valence-corrected chi connectivity index (χ4v) is 6.22. The molecule has 8 heteroatoms. The van der Waals surface area contributed by atoms with Crippen LogP contribution in [0.5, 0.6) is 5.75 Å². The summed E-state index contributed by atoms with van der Waals surface area (Å²) in [6, 6.07) is 13.6. The van der Waals surface area contributed by atoms with E-state index in [-0.39, 0.29) is 0 Å². The minimum atomic E-state index is -3.55. The van der Waals surface area contributed by atoms with Crippen LogP contribution in [0, 0.1) is 20.8 Å². The summed E-state index contributed by atoms with van der Waals surface area (Å²) in [6.45, 7) is 10.2. The van der Waals surface area contributed by atoms with Crippen LogP contribution in [0.3, 0.4) is 0 Å². The maximum atomic E-state index is 13.4. The number of benzene rings is 2. The zero-order chi connectivity index (χ0) is 23.6. The van der Waals surface area contributed by atoms with Gasteiger partial charge in [0.15, 0.2) is 0 Å². The smallest absolute Gasteiger partial charge is 0.243 e. The number of hydrogen-bond donors (Lipinski definition) is 0. The van der Waals surface area contributed by atoms with Crippen molar-refractivity contribution in [1.29, 1.82) is 0 Å². The molecule has 2 aromatic carbocycles. The highest BCUT2D eigenvalue weighted by Crippen LogP contribution is 2.27. The van der Waals surface area contributed by atoms with E-state index >= 15 is 0 Å². The van der Waals surface area contributed by atoms with Crippen molar-refractivity contribution < 1.29 is 13.2 Å². The van der Waals surface area contributed by atoms with Crippen LogP contribution >= 0.6 is 0 Å². The average molecular weight is 467 g/mol. The molecular formula is C25H30N4O3S. The third-order valence-corrected chi connectivity index (χ3v) is 8.03. The molecule has 174 valence electrons. The lowest BCUT2D eigenvalue weighted by atomic mass is 10.1. The zero-order valence-corrected chi connectivity index (χ0v) is 20.4. The lowest BCUT2D eigenvalue weighted by molar-refractivity contribution is 0.340. The van der Waals surface area contributed by atoms with Gasteiger partial charge in [-0.25, -0.2) is 18.4 Å². The van der Waals surface area contributed by atoms with Crippen LogP contribution in [0.15, 0.2) is 53.6 Å². The Morgan fingerprint density at radius 3 is 2.18 bits per heavy atom. The van der Waals surface area contributed by atoms with Crippen LogP contribution < -0.4 is 9.64 Å². The fraction of sp³-hybridized carbons (Fsp3) is 0.360. The second kappa shape index (κ2) is 9.49. The molecule has 3 aromatic rings. The summed E-state index contributed by atoms with van der Waals surface area (Å²) in [5.74, 6) is 1.44. The Labute approximate surface area is 196 Å². The summed E-state index contributed by atoms with van der Waals surface area (Å²) < 4.78 is 33.8.